The lowest BCUT2D eigenvalue weighted by Crippen LogP contribution is -2.29. The van der Waals surface area contributed by atoms with Crippen LogP contribution in [0.25, 0.3) is 0 Å². The topological polar surface area (TPSA) is 69.0 Å². The standard InChI is InChI=1S/C20H21ClN4O2S/c1-25-18(13-15-5-3-2-4-6-15)23-24-20(25)28-14-19(26)22-11-12-27-17-9-7-16(21)8-10-17/h2-10H,11-14H2,1H3,(H,22,26). The van der Waals surface area contributed by atoms with Gasteiger partial charge in [0.15, 0.2) is 5.16 Å². The number of carbonyl (C=O) groups excluding carboxylic acids is 1. The van der Waals surface area contributed by atoms with Gasteiger partial charge in [-0.3, -0.25) is 4.79 Å². The molecule has 6 nitrogen and oxygen atoms in total. The summed E-state index contributed by atoms with van der Waals surface area (Å²) < 4.78 is 7.47. The van der Waals surface area contributed by atoms with E-state index in [4.69, 9.17) is 16.3 Å². The number of thioether (sulfide) groups is 1. The van der Waals surface area contributed by atoms with Gasteiger partial charge in [-0.1, -0.05) is 53.7 Å². The van der Waals surface area contributed by atoms with Crippen LogP contribution in [-0.2, 0) is 18.3 Å². The molecule has 0 bridgehead atoms. The number of benzene rings is 2. The van der Waals surface area contributed by atoms with Gasteiger partial charge in [-0.15, -0.1) is 10.2 Å². The molecule has 28 heavy (non-hydrogen) atoms. The molecule has 0 aliphatic carbocycles. The molecule has 0 saturated heterocycles. The molecule has 2 aromatic carbocycles. The Morgan fingerprint density at radius 3 is 2.64 bits per heavy atom. The number of carbonyl (C=O) groups is 1. The monoisotopic (exact) mass is 416 g/mol. The Kier molecular flexibility index (Phi) is 7.33. The van der Waals surface area contributed by atoms with Crippen molar-refractivity contribution in [2.24, 2.45) is 7.05 Å². The average molecular weight is 417 g/mol. The normalized spacial score (nSPS) is 10.6. The van der Waals surface area contributed by atoms with Gasteiger partial charge in [0.05, 0.1) is 12.3 Å². The maximum absolute atomic E-state index is 12.0. The van der Waals surface area contributed by atoms with Crippen LogP contribution in [0.4, 0.5) is 0 Å². The Bertz CT molecular complexity index is 900. The second-order valence-corrected chi connectivity index (χ2v) is 7.44. The van der Waals surface area contributed by atoms with Crippen LogP contribution in [-0.4, -0.2) is 39.6 Å². The molecule has 0 radical (unpaired) electrons. The highest BCUT2D eigenvalue weighted by molar-refractivity contribution is 7.99. The number of ether oxygens (including phenoxy) is 1. The lowest BCUT2D eigenvalue weighted by molar-refractivity contribution is -0.118. The van der Waals surface area contributed by atoms with Crippen LogP contribution in [0.2, 0.25) is 5.02 Å². The average Bonchev–Trinajstić information content (AvgIpc) is 3.05. The number of nitrogens with one attached hydrogen (secondary N) is 1. The number of rotatable bonds is 9. The van der Waals surface area contributed by atoms with Crippen LogP contribution >= 0.6 is 23.4 Å². The van der Waals surface area contributed by atoms with Crippen molar-refractivity contribution in [3.8, 4) is 5.75 Å². The molecule has 1 aromatic heterocycles. The summed E-state index contributed by atoms with van der Waals surface area (Å²) in [4.78, 5) is 12.0. The smallest absolute Gasteiger partial charge is 0.230 e. The highest BCUT2D eigenvalue weighted by atomic mass is 35.5. The molecular weight excluding hydrogens is 396 g/mol. The number of halogens is 1. The zero-order chi connectivity index (χ0) is 19.8. The summed E-state index contributed by atoms with van der Waals surface area (Å²) in [6, 6.07) is 17.2. The molecule has 0 aliphatic rings. The Hall–Kier alpha value is -2.51. The van der Waals surface area contributed by atoms with Crippen molar-refractivity contribution < 1.29 is 9.53 Å². The second kappa shape index (κ2) is 10.1. The van der Waals surface area contributed by atoms with Crippen molar-refractivity contribution in [2.75, 3.05) is 18.9 Å². The molecule has 1 N–H and O–H groups in total. The van der Waals surface area contributed by atoms with Gasteiger partial charge in [0, 0.05) is 18.5 Å². The SMILES string of the molecule is Cn1c(Cc2ccccc2)nnc1SCC(=O)NCCOc1ccc(Cl)cc1. The van der Waals surface area contributed by atoms with Crippen molar-refractivity contribution in [3.05, 3.63) is 71.0 Å². The minimum atomic E-state index is -0.0719. The molecule has 0 spiro atoms. The van der Waals surface area contributed by atoms with Crippen molar-refractivity contribution in [1.29, 1.82) is 0 Å². The summed E-state index contributed by atoms with van der Waals surface area (Å²) in [7, 11) is 1.92. The zero-order valence-electron chi connectivity index (χ0n) is 15.5. The van der Waals surface area contributed by atoms with Gasteiger partial charge in [0.2, 0.25) is 5.91 Å². The van der Waals surface area contributed by atoms with Gasteiger partial charge in [0.1, 0.15) is 18.2 Å². The van der Waals surface area contributed by atoms with Crippen LogP contribution in [0.15, 0.2) is 59.8 Å². The maximum atomic E-state index is 12.0. The second-order valence-electron chi connectivity index (χ2n) is 6.06. The Labute approximate surface area is 173 Å². The van der Waals surface area contributed by atoms with E-state index in [-0.39, 0.29) is 11.7 Å². The van der Waals surface area contributed by atoms with E-state index < -0.39 is 0 Å². The van der Waals surface area contributed by atoms with Crippen molar-refractivity contribution in [2.45, 2.75) is 11.6 Å². The first-order valence-corrected chi connectivity index (χ1v) is 10.2. The first-order valence-electron chi connectivity index (χ1n) is 8.82. The molecule has 8 heteroatoms. The van der Waals surface area contributed by atoms with Crippen LogP contribution < -0.4 is 10.1 Å². The summed E-state index contributed by atoms with van der Waals surface area (Å²) >= 11 is 7.19. The summed E-state index contributed by atoms with van der Waals surface area (Å²) in [6.07, 6.45) is 0.707. The van der Waals surface area contributed by atoms with Gasteiger partial charge in [-0.05, 0) is 29.8 Å². The number of nitrogens with zero attached hydrogens (tertiary/aromatic N) is 3. The lowest BCUT2D eigenvalue weighted by atomic mass is 10.1. The van der Waals surface area contributed by atoms with E-state index in [1.807, 2.05) is 29.8 Å². The highest BCUT2D eigenvalue weighted by Crippen LogP contribution is 2.17. The van der Waals surface area contributed by atoms with Crippen LogP contribution in [0, 0.1) is 0 Å². The number of hydrogen-bond acceptors (Lipinski definition) is 5. The van der Waals surface area contributed by atoms with Gasteiger partial charge < -0.3 is 14.6 Å². The maximum Gasteiger partial charge on any atom is 0.230 e. The molecule has 146 valence electrons. The molecule has 1 heterocycles. The molecule has 1 amide bonds. The van der Waals surface area contributed by atoms with Gasteiger partial charge in [-0.25, -0.2) is 0 Å². The molecule has 0 aliphatic heterocycles. The third-order valence-corrected chi connectivity index (χ3v) is 5.24. The first kappa shape index (κ1) is 20.2. The van der Waals surface area contributed by atoms with E-state index in [2.05, 4.69) is 27.6 Å². The van der Waals surface area contributed by atoms with Crippen molar-refractivity contribution in [3.63, 3.8) is 0 Å². The summed E-state index contributed by atoms with van der Waals surface area (Å²) in [5.74, 6) is 1.79. The minimum absolute atomic E-state index is 0.0719. The fraction of sp³-hybridized carbons (Fsp3) is 0.250. The fourth-order valence-electron chi connectivity index (χ4n) is 2.47. The van der Waals surface area contributed by atoms with Crippen molar-refractivity contribution in [1.82, 2.24) is 20.1 Å². The van der Waals surface area contributed by atoms with Crippen LogP contribution in [0.5, 0.6) is 5.75 Å². The van der Waals surface area contributed by atoms with E-state index in [0.29, 0.717) is 24.6 Å². The van der Waals surface area contributed by atoms with E-state index in [1.54, 1.807) is 24.3 Å². The van der Waals surface area contributed by atoms with Gasteiger partial charge >= 0.3 is 0 Å². The number of aromatic nitrogens is 3. The molecule has 0 saturated carbocycles. The van der Waals surface area contributed by atoms with E-state index in [1.165, 1.54) is 17.3 Å². The molecule has 3 aromatic rings. The quantitative estimate of drug-likeness (QED) is 0.428. The predicted octanol–water partition coefficient (Wildman–Crippen LogP) is 3.35. The lowest BCUT2D eigenvalue weighted by Gasteiger charge is -2.08. The number of amides is 1. The van der Waals surface area contributed by atoms with E-state index in [0.717, 1.165) is 16.7 Å². The molecular formula is C20H21ClN4O2S. The third-order valence-electron chi connectivity index (χ3n) is 3.97. The predicted molar refractivity (Wildman–Crippen MR) is 111 cm³/mol. The van der Waals surface area contributed by atoms with Gasteiger partial charge in [0.25, 0.3) is 0 Å². The minimum Gasteiger partial charge on any atom is -0.492 e. The largest absolute Gasteiger partial charge is 0.492 e. The fourth-order valence-corrected chi connectivity index (χ4v) is 3.36. The molecule has 0 unspecified atom stereocenters. The summed E-state index contributed by atoms with van der Waals surface area (Å²) in [6.45, 7) is 0.823. The summed E-state index contributed by atoms with van der Waals surface area (Å²) in [5.41, 5.74) is 1.17. The number of hydrogen-bond donors (Lipinski definition) is 1. The zero-order valence-corrected chi connectivity index (χ0v) is 17.0. The molecule has 0 fully saturated rings. The summed E-state index contributed by atoms with van der Waals surface area (Å²) in [5, 5.41) is 12.6. The molecule has 0 atom stereocenters. The Morgan fingerprint density at radius 2 is 1.89 bits per heavy atom. The Balaban J connectivity index is 1.39. The third kappa shape index (κ3) is 6.00. The van der Waals surface area contributed by atoms with Crippen LogP contribution in [0.1, 0.15) is 11.4 Å². The first-order chi connectivity index (χ1) is 13.6. The van der Waals surface area contributed by atoms with Crippen LogP contribution in [0.3, 0.4) is 0 Å². The van der Waals surface area contributed by atoms with Gasteiger partial charge in [-0.2, -0.15) is 0 Å². The molecule has 3 rings (SSSR count). The van der Waals surface area contributed by atoms with E-state index >= 15 is 0 Å². The van der Waals surface area contributed by atoms with Crippen molar-refractivity contribution >= 4 is 29.3 Å². The Morgan fingerprint density at radius 1 is 1.14 bits per heavy atom. The highest BCUT2D eigenvalue weighted by Gasteiger charge is 2.11. The van der Waals surface area contributed by atoms with E-state index in [9.17, 15) is 4.79 Å².